The van der Waals surface area contributed by atoms with Gasteiger partial charge in [0.15, 0.2) is 5.75 Å². The zero-order valence-electron chi connectivity index (χ0n) is 20.7. The maximum atomic E-state index is 13.3. The summed E-state index contributed by atoms with van der Waals surface area (Å²) >= 11 is 0. The number of nitrogens with zero attached hydrogens (tertiary/aromatic N) is 3. The maximum Gasteiger partial charge on any atom is 0.290 e. The number of carbonyl (C=O) groups excluding carboxylic acids is 1. The van der Waals surface area contributed by atoms with Crippen molar-refractivity contribution in [3.05, 3.63) is 80.4 Å². The third-order valence-corrected chi connectivity index (χ3v) is 6.47. The lowest BCUT2D eigenvalue weighted by Crippen LogP contribution is -2.40. The summed E-state index contributed by atoms with van der Waals surface area (Å²) in [4.78, 5) is 41.2. The SMILES string of the molecule is CC[C@@H](Nc1c(Nc2cccc(C(=O)N3CCOCC3)c2O)c(=O)n(C)n(C)c1=O)c1ccccc1. The molecular formula is C26H31N5O5. The van der Waals surface area contributed by atoms with Crippen LogP contribution in [-0.2, 0) is 18.8 Å². The van der Waals surface area contributed by atoms with E-state index in [0.29, 0.717) is 32.7 Å². The summed E-state index contributed by atoms with van der Waals surface area (Å²) in [6.07, 6.45) is 0.663. The molecular weight excluding hydrogens is 462 g/mol. The molecule has 0 bridgehead atoms. The number of anilines is 3. The molecule has 1 fully saturated rings. The van der Waals surface area contributed by atoms with E-state index in [2.05, 4.69) is 10.6 Å². The Labute approximate surface area is 208 Å². The number of phenolic OH excluding ortho intramolecular Hbond substituents is 1. The summed E-state index contributed by atoms with van der Waals surface area (Å²) in [5, 5.41) is 17.2. The molecule has 10 nitrogen and oxygen atoms in total. The molecule has 1 aromatic heterocycles. The lowest BCUT2D eigenvalue weighted by Gasteiger charge is -2.27. The molecule has 10 heteroatoms. The van der Waals surface area contributed by atoms with Gasteiger partial charge in [0.05, 0.1) is 30.5 Å². The van der Waals surface area contributed by atoms with E-state index < -0.39 is 11.1 Å². The van der Waals surface area contributed by atoms with Crippen LogP contribution in [0.3, 0.4) is 0 Å². The molecule has 1 aliphatic rings. The minimum atomic E-state index is -0.466. The minimum absolute atomic E-state index is 0.0127. The van der Waals surface area contributed by atoms with Crippen LogP contribution in [-0.4, -0.2) is 51.6 Å². The number of aromatic nitrogens is 2. The average molecular weight is 494 g/mol. The van der Waals surface area contributed by atoms with Crippen molar-refractivity contribution in [2.45, 2.75) is 19.4 Å². The van der Waals surface area contributed by atoms with E-state index in [0.717, 1.165) is 5.56 Å². The van der Waals surface area contributed by atoms with Gasteiger partial charge in [-0.2, -0.15) is 0 Å². The van der Waals surface area contributed by atoms with Gasteiger partial charge in [-0.05, 0) is 24.1 Å². The molecule has 1 aliphatic heterocycles. The first-order valence-electron chi connectivity index (χ1n) is 11.9. The Morgan fingerprint density at radius 1 is 0.972 bits per heavy atom. The zero-order valence-corrected chi connectivity index (χ0v) is 20.7. The number of amides is 1. The molecule has 1 amide bonds. The molecule has 3 aromatic rings. The van der Waals surface area contributed by atoms with Crippen molar-refractivity contribution < 1.29 is 14.6 Å². The summed E-state index contributed by atoms with van der Waals surface area (Å²) in [5.41, 5.74) is 0.417. The number of morpholine rings is 1. The highest BCUT2D eigenvalue weighted by molar-refractivity contribution is 5.99. The highest BCUT2D eigenvalue weighted by atomic mass is 16.5. The number of ether oxygens (including phenoxy) is 1. The van der Waals surface area contributed by atoms with Crippen molar-refractivity contribution in [3.8, 4) is 5.75 Å². The molecule has 0 spiro atoms. The highest BCUT2D eigenvalue weighted by Gasteiger charge is 2.25. The molecule has 0 unspecified atom stereocenters. The zero-order chi connectivity index (χ0) is 25.8. The monoisotopic (exact) mass is 493 g/mol. The molecule has 0 saturated carbocycles. The van der Waals surface area contributed by atoms with Crippen LogP contribution in [0.2, 0.25) is 0 Å². The van der Waals surface area contributed by atoms with E-state index in [9.17, 15) is 19.5 Å². The molecule has 1 atom stereocenters. The predicted octanol–water partition coefficient (Wildman–Crippen LogP) is 2.57. The molecule has 0 aliphatic carbocycles. The van der Waals surface area contributed by atoms with Crippen LogP contribution in [0.15, 0.2) is 58.1 Å². The van der Waals surface area contributed by atoms with Gasteiger partial charge < -0.3 is 25.4 Å². The third-order valence-electron chi connectivity index (χ3n) is 6.47. The van der Waals surface area contributed by atoms with Crippen molar-refractivity contribution in [1.82, 2.24) is 14.3 Å². The van der Waals surface area contributed by atoms with Gasteiger partial charge in [0.1, 0.15) is 11.4 Å². The minimum Gasteiger partial charge on any atom is -0.505 e. The fraction of sp³-hybridized carbons (Fsp3) is 0.346. The molecule has 3 N–H and O–H groups in total. The van der Waals surface area contributed by atoms with Crippen molar-refractivity contribution in [3.63, 3.8) is 0 Å². The van der Waals surface area contributed by atoms with Gasteiger partial charge in [0.25, 0.3) is 17.0 Å². The fourth-order valence-corrected chi connectivity index (χ4v) is 4.23. The van der Waals surface area contributed by atoms with Gasteiger partial charge >= 0.3 is 0 Å². The molecule has 2 aromatic carbocycles. The third kappa shape index (κ3) is 4.85. The van der Waals surface area contributed by atoms with E-state index in [1.807, 2.05) is 37.3 Å². The second-order valence-corrected chi connectivity index (χ2v) is 8.65. The number of hydrogen-bond acceptors (Lipinski definition) is 7. The molecule has 1 saturated heterocycles. The summed E-state index contributed by atoms with van der Waals surface area (Å²) < 4.78 is 7.73. The number of nitrogens with one attached hydrogen (secondary N) is 2. The van der Waals surface area contributed by atoms with Gasteiger partial charge in [-0.15, -0.1) is 0 Å². The van der Waals surface area contributed by atoms with Crippen LogP contribution in [0.4, 0.5) is 17.1 Å². The number of benzene rings is 2. The Kier molecular flexibility index (Phi) is 7.44. The van der Waals surface area contributed by atoms with E-state index in [4.69, 9.17) is 4.74 Å². The van der Waals surface area contributed by atoms with Gasteiger partial charge in [-0.25, -0.2) is 9.36 Å². The summed E-state index contributed by atoms with van der Waals surface area (Å²) in [6, 6.07) is 14.1. The van der Waals surface area contributed by atoms with Crippen molar-refractivity contribution in [2.24, 2.45) is 14.1 Å². The smallest absolute Gasteiger partial charge is 0.290 e. The molecule has 36 heavy (non-hydrogen) atoms. The lowest BCUT2D eigenvalue weighted by molar-refractivity contribution is 0.0301. The highest BCUT2D eigenvalue weighted by Crippen LogP contribution is 2.33. The quantitative estimate of drug-likeness (QED) is 0.433. The van der Waals surface area contributed by atoms with Gasteiger partial charge in [0.2, 0.25) is 0 Å². The van der Waals surface area contributed by atoms with E-state index in [1.54, 1.807) is 17.0 Å². The van der Waals surface area contributed by atoms with Crippen LogP contribution >= 0.6 is 0 Å². The molecule has 190 valence electrons. The first-order chi connectivity index (χ1) is 17.3. The average Bonchev–Trinajstić information content (AvgIpc) is 2.92. The van der Waals surface area contributed by atoms with Gasteiger partial charge in [-0.1, -0.05) is 43.3 Å². The van der Waals surface area contributed by atoms with E-state index in [-0.39, 0.29) is 40.3 Å². The van der Waals surface area contributed by atoms with Crippen molar-refractivity contribution in [2.75, 3.05) is 36.9 Å². The van der Waals surface area contributed by atoms with E-state index in [1.165, 1.54) is 29.5 Å². The first kappa shape index (κ1) is 25.1. The number of phenols is 1. The number of rotatable bonds is 7. The lowest BCUT2D eigenvalue weighted by atomic mass is 10.0. The standard InChI is InChI=1S/C26H31N5O5/c1-4-19(17-9-6-5-7-10-17)27-21-22(26(35)30(3)29(2)25(21)34)28-20-12-8-11-18(23(20)32)24(33)31-13-15-36-16-14-31/h5-12,19,27-28,32H,4,13-16H2,1-3H3/t19-/m1/s1. The number of hydrogen-bond donors (Lipinski definition) is 3. The largest absolute Gasteiger partial charge is 0.505 e. The number of carbonyl (C=O) groups is 1. The van der Waals surface area contributed by atoms with Crippen molar-refractivity contribution in [1.29, 1.82) is 0 Å². The summed E-state index contributed by atoms with van der Waals surface area (Å²) in [7, 11) is 3.01. The maximum absolute atomic E-state index is 13.3. The number of para-hydroxylation sites is 1. The number of aromatic hydroxyl groups is 1. The Hall–Kier alpha value is -4.05. The second kappa shape index (κ2) is 10.7. The van der Waals surface area contributed by atoms with Crippen LogP contribution in [0.1, 0.15) is 35.3 Å². The van der Waals surface area contributed by atoms with Crippen LogP contribution in [0.25, 0.3) is 0 Å². The second-order valence-electron chi connectivity index (χ2n) is 8.65. The molecule has 0 radical (unpaired) electrons. The van der Waals surface area contributed by atoms with Crippen LogP contribution in [0, 0.1) is 0 Å². The normalized spacial score (nSPS) is 14.4. The Balaban J connectivity index is 1.75. The first-order valence-corrected chi connectivity index (χ1v) is 11.9. The summed E-state index contributed by atoms with van der Waals surface area (Å²) in [6.45, 7) is 3.70. The predicted molar refractivity (Wildman–Crippen MR) is 138 cm³/mol. The van der Waals surface area contributed by atoms with Crippen LogP contribution < -0.4 is 21.8 Å². The van der Waals surface area contributed by atoms with E-state index >= 15 is 0 Å². The molecule has 4 rings (SSSR count). The van der Waals surface area contributed by atoms with Crippen molar-refractivity contribution >= 4 is 23.0 Å². The van der Waals surface area contributed by atoms with Gasteiger partial charge in [-0.3, -0.25) is 14.4 Å². The molecule has 2 heterocycles. The summed E-state index contributed by atoms with van der Waals surface area (Å²) in [5.74, 6) is -0.623. The van der Waals surface area contributed by atoms with Crippen LogP contribution in [0.5, 0.6) is 5.75 Å². The van der Waals surface area contributed by atoms with Gasteiger partial charge in [0, 0.05) is 27.2 Å². The Morgan fingerprint density at radius 3 is 2.25 bits per heavy atom. The Morgan fingerprint density at radius 2 is 1.61 bits per heavy atom. The fourth-order valence-electron chi connectivity index (χ4n) is 4.23. The topological polar surface area (TPSA) is 118 Å². The Bertz CT molecular complexity index is 1360.